The van der Waals surface area contributed by atoms with Gasteiger partial charge in [0.2, 0.25) is 0 Å². The zero-order valence-electron chi connectivity index (χ0n) is 15.8. The molecule has 2 aromatic carbocycles. The van der Waals surface area contributed by atoms with Crippen LogP contribution in [0.5, 0.6) is 0 Å². The monoisotopic (exact) mass is 382 g/mol. The SMILES string of the molecule is Cc1cccc(C(C)C)c1NC(=O)c1cnc(Nc2ccc(F)c(F)c2)cn1. The summed E-state index contributed by atoms with van der Waals surface area (Å²) in [5.74, 6) is -1.71. The lowest BCUT2D eigenvalue weighted by Crippen LogP contribution is -2.16. The van der Waals surface area contributed by atoms with Crippen LogP contribution in [0.4, 0.5) is 26.0 Å². The lowest BCUT2D eigenvalue weighted by Gasteiger charge is -2.16. The number of rotatable bonds is 5. The number of para-hydroxylation sites is 1. The summed E-state index contributed by atoms with van der Waals surface area (Å²) in [6, 6.07) is 9.28. The second kappa shape index (κ2) is 8.12. The van der Waals surface area contributed by atoms with Crippen molar-refractivity contribution in [1.82, 2.24) is 9.97 Å². The number of aryl methyl sites for hydroxylation is 1. The molecule has 5 nitrogen and oxygen atoms in total. The molecule has 0 aliphatic carbocycles. The van der Waals surface area contributed by atoms with E-state index in [1.807, 2.05) is 25.1 Å². The Balaban J connectivity index is 1.75. The van der Waals surface area contributed by atoms with Gasteiger partial charge in [-0.05, 0) is 36.1 Å². The normalized spacial score (nSPS) is 10.8. The summed E-state index contributed by atoms with van der Waals surface area (Å²) in [5, 5.41) is 5.72. The number of hydrogen-bond acceptors (Lipinski definition) is 4. The average molecular weight is 382 g/mol. The zero-order chi connectivity index (χ0) is 20.3. The van der Waals surface area contributed by atoms with Crippen molar-refractivity contribution in [2.45, 2.75) is 26.7 Å². The molecule has 0 radical (unpaired) electrons. The van der Waals surface area contributed by atoms with E-state index in [0.29, 0.717) is 11.5 Å². The molecular weight excluding hydrogens is 362 g/mol. The molecule has 0 saturated carbocycles. The van der Waals surface area contributed by atoms with Crippen molar-refractivity contribution in [3.05, 3.63) is 77.2 Å². The van der Waals surface area contributed by atoms with Crippen LogP contribution in [0.1, 0.15) is 41.4 Å². The Labute approximate surface area is 161 Å². The molecule has 0 aliphatic heterocycles. The molecule has 1 heterocycles. The van der Waals surface area contributed by atoms with Crippen molar-refractivity contribution in [2.75, 3.05) is 10.6 Å². The fourth-order valence-corrected chi connectivity index (χ4v) is 2.75. The van der Waals surface area contributed by atoms with Gasteiger partial charge >= 0.3 is 0 Å². The quantitative estimate of drug-likeness (QED) is 0.638. The Kier molecular flexibility index (Phi) is 5.63. The van der Waals surface area contributed by atoms with Gasteiger partial charge in [-0.2, -0.15) is 0 Å². The fraction of sp³-hybridized carbons (Fsp3) is 0.190. The summed E-state index contributed by atoms with van der Waals surface area (Å²) in [5.41, 5.74) is 3.25. The number of carbonyl (C=O) groups excluding carboxylic acids is 1. The molecule has 0 atom stereocenters. The molecule has 2 N–H and O–H groups in total. The maximum atomic E-state index is 13.3. The first kappa shape index (κ1) is 19.4. The third kappa shape index (κ3) is 4.31. The van der Waals surface area contributed by atoms with Gasteiger partial charge in [0, 0.05) is 17.4 Å². The van der Waals surface area contributed by atoms with Gasteiger partial charge < -0.3 is 10.6 Å². The van der Waals surface area contributed by atoms with E-state index in [2.05, 4.69) is 34.4 Å². The van der Waals surface area contributed by atoms with Crippen LogP contribution in [0, 0.1) is 18.6 Å². The average Bonchev–Trinajstić information content (AvgIpc) is 2.66. The van der Waals surface area contributed by atoms with E-state index in [9.17, 15) is 13.6 Å². The number of aromatic nitrogens is 2. The largest absolute Gasteiger partial charge is 0.339 e. The number of amides is 1. The molecule has 0 unspecified atom stereocenters. The van der Waals surface area contributed by atoms with Gasteiger partial charge in [0.15, 0.2) is 11.6 Å². The number of nitrogens with zero attached hydrogens (tertiary/aromatic N) is 2. The highest BCUT2D eigenvalue weighted by atomic mass is 19.2. The van der Waals surface area contributed by atoms with Crippen molar-refractivity contribution >= 4 is 23.1 Å². The van der Waals surface area contributed by atoms with E-state index in [-0.39, 0.29) is 17.5 Å². The van der Waals surface area contributed by atoms with Gasteiger partial charge in [0.05, 0.1) is 12.4 Å². The first-order valence-corrected chi connectivity index (χ1v) is 8.80. The van der Waals surface area contributed by atoms with E-state index in [1.54, 1.807) is 0 Å². The number of halogens is 2. The molecule has 28 heavy (non-hydrogen) atoms. The molecule has 0 spiro atoms. The van der Waals surface area contributed by atoms with Crippen LogP contribution in [0.15, 0.2) is 48.8 Å². The van der Waals surface area contributed by atoms with Gasteiger partial charge in [0.25, 0.3) is 5.91 Å². The van der Waals surface area contributed by atoms with Crippen LogP contribution < -0.4 is 10.6 Å². The van der Waals surface area contributed by atoms with Crippen LogP contribution in [0.2, 0.25) is 0 Å². The molecule has 7 heteroatoms. The first-order valence-electron chi connectivity index (χ1n) is 8.80. The van der Waals surface area contributed by atoms with Crippen molar-refractivity contribution in [2.24, 2.45) is 0 Å². The minimum Gasteiger partial charge on any atom is -0.339 e. The lowest BCUT2D eigenvalue weighted by molar-refractivity contribution is 0.102. The second-order valence-electron chi connectivity index (χ2n) is 6.69. The maximum absolute atomic E-state index is 13.3. The van der Waals surface area contributed by atoms with E-state index in [0.717, 1.165) is 28.9 Å². The van der Waals surface area contributed by atoms with Crippen LogP contribution >= 0.6 is 0 Å². The Morgan fingerprint density at radius 1 is 1.04 bits per heavy atom. The van der Waals surface area contributed by atoms with Crippen LogP contribution in [-0.4, -0.2) is 15.9 Å². The molecule has 0 fully saturated rings. The predicted octanol–water partition coefficient (Wildman–Crippen LogP) is 5.18. The third-order valence-electron chi connectivity index (χ3n) is 4.24. The summed E-state index contributed by atoms with van der Waals surface area (Å²) in [4.78, 5) is 20.8. The summed E-state index contributed by atoms with van der Waals surface area (Å²) in [7, 11) is 0. The molecule has 0 saturated heterocycles. The number of hydrogen-bond donors (Lipinski definition) is 2. The Morgan fingerprint density at radius 3 is 2.46 bits per heavy atom. The molecule has 1 aromatic heterocycles. The lowest BCUT2D eigenvalue weighted by atomic mass is 9.98. The highest BCUT2D eigenvalue weighted by Crippen LogP contribution is 2.27. The van der Waals surface area contributed by atoms with Crippen molar-refractivity contribution in [3.8, 4) is 0 Å². The summed E-state index contributed by atoms with van der Waals surface area (Å²) >= 11 is 0. The number of carbonyl (C=O) groups is 1. The topological polar surface area (TPSA) is 66.9 Å². The standard InChI is InChI=1S/C21H20F2N4O/c1-12(2)15-6-4-5-13(3)20(15)27-21(28)18-10-25-19(11-24-18)26-14-7-8-16(22)17(23)9-14/h4-12H,1-3H3,(H,25,26)(H,27,28). The van der Waals surface area contributed by atoms with E-state index in [1.165, 1.54) is 18.5 Å². The van der Waals surface area contributed by atoms with Gasteiger partial charge in [-0.3, -0.25) is 4.79 Å². The third-order valence-corrected chi connectivity index (χ3v) is 4.24. The first-order chi connectivity index (χ1) is 13.3. The highest BCUT2D eigenvalue weighted by molar-refractivity contribution is 6.03. The van der Waals surface area contributed by atoms with E-state index < -0.39 is 11.6 Å². The molecule has 0 aliphatic rings. The van der Waals surface area contributed by atoms with Crippen molar-refractivity contribution in [3.63, 3.8) is 0 Å². The smallest absolute Gasteiger partial charge is 0.275 e. The molecule has 1 amide bonds. The Hall–Kier alpha value is -3.35. The summed E-state index contributed by atoms with van der Waals surface area (Å²) < 4.78 is 26.3. The fourth-order valence-electron chi connectivity index (χ4n) is 2.75. The van der Waals surface area contributed by atoms with Crippen LogP contribution in [0.25, 0.3) is 0 Å². The molecule has 3 rings (SSSR count). The minimum atomic E-state index is -0.965. The van der Waals surface area contributed by atoms with Gasteiger partial charge in [-0.25, -0.2) is 18.7 Å². The van der Waals surface area contributed by atoms with Crippen LogP contribution in [0.3, 0.4) is 0 Å². The summed E-state index contributed by atoms with van der Waals surface area (Å²) in [6.45, 7) is 6.05. The van der Waals surface area contributed by atoms with E-state index in [4.69, 9.17) is 0 Å². The molecular formula is C21H20F2N4O. The van der Waals surface area contributed by atoms with Crippen LogP contribution in [-0.2, 0) is 0 Å². The van der Waals surface area contributed by atoms with Gasteiger partial charge in [-0.15, -0.1) is 0 Å². The van der Waals surface area contributed by atoms with Gasteiger partial charge in [0.1, 0.15) is 11.5 Å². The Bertz CT molecular complexity index is 1000. The van der Waals surface area contributed by atoms with Crippen molar-refractivity contribution in [1.29, 1.82) is 0 Å². The number of nitrogens with one attached hydrogen (secondary N) is 2. The molecule has 144 valence electrons. The molecule has 0 bridgehead atoms. The predicted molar refractivity (Wildman–Crippen MR) is 105 cm³/mol. The minimum absolute atomic E-state index is 0.147. The maximum Gasteiger partial charge on any atom is 0.275 e. The number of anilines is 3. The van der Waals surface area contributed by atoms with Crippen molar-refractivity contribution < 1.29 is 13.6 Å². The number of benzene rings is 2. The zero-order valence-corrected chi connectivity index (χ0v) is 15.8. The van der Waals surface area contributed by atoms with E-state index >= 15 is 0 Å². The molecule has 3 aromatic rings. The summed E-state index contributed by atoms with van der Waals surface area (Å²) in [6.07, 6.45) is 2.68. The second-order valence-corrected chi connectivity index (χ2v) is 6.69. The Morgan fingerprint density at radius 2 is 1.82 bits per heavy atom. The van der Waals surface area contributed by atoms with Gasteiger partial charge in [-0.1, -0.05) is 32.0 Å². The highest BCUT2D eigenvalue weighted by Gasteiger charge is 2.14.